The second-order valence-electron chi connectivity index (χ2n) is 4.95. The van der Waals surface area contributed by atoms with Gasteiger partial charge in [-0.1, -0.05) is 41.9 Å². The number of pyridine rings is 1. The van der Waals surface area contributed by atoms with Gasteiger partial charge in [-0.15, -0.1) is 0 Å². The summed E-state index contributed by atoms with van der Waals surface area (Å²) in [7, 11) is 0. The molecule has 0 radical (unpaired) electrons. The van der Waals surface area contributed by atoms with Crippen molar-refractivity contribution in [2.75, 3.05) is 0 Å². The molecule has 23 heavy (non-hydrogen) atoms. The molecule has 3 rings (SSSR count). The minimum absolute atomic E-state index is 0.0803. The van der Waals surface area contributed by atoms with Gasteiger partial charge in [0.1, 0.15) is 17.5 Å². The number of halogens is 1. The highest BCUT2D eigenvalue weighted by atomic mass is 35.5. The Morgan fingerprint density at radius 2 is 1.91 bits per heavy atom. The van der Waals surface area contributed by atoms with Gasteiger partial charge in [-0.3, -0.25) is 4.79 Å². The largest absolute Gasteiger partial charge is 0.505 e. The SMILES string of the molecule is NC(=O)c1nc(Cl)c2cc(OCc3ccccc3)ccc2c1O. The monoisotopic (exact) mass is 328 g/mol. The van der Waals surface area contributed by atoms with Crippen molar-refractivity contribution in [3.05, 3.63) is 64.9 Å². The average molecular weight is 329 g/mol. The Bertz CT molecular complexity index is 882. The number of ether oxygens (including phenoxy) is 1. The molecule has 116 valence electrons. The average Bonchev–Trinajstić information content (AvgIpc) is 2.57. The quantitative estimate of drug-likeness (QED) is 0.720. The Morgan fingerprint density at radius 3 is 2.61 bits per heavy atom. The highest BCUT2D eigenvalue weighted by molar-refractivity contribution is 6.35. The zero-order chi connectivity index (χ0) is 16.4. The van der Waals surface area contributed by atoms with Gasteiger partial charge in [0.05, 0.1) is 0 Å². The van der Waals surface area contributed by atoms with Gasteiger partial charge in [0.2, 0.25) is 0 Å². The molecule has 0 atom stereocenters. The van der Waals surface area contributed by atoms with Crippen LogP contribution in [0.25, 0.3) is 10.8 Å². The fraction of sp³-hybridized carbons (Fsp3) is 0.0588. The first kappa shape index (κ1) is 15.1. The van der Waals surface area contributed by atoms with Crippen molar-refractivity contribution >= 4 is 28.3 Å². The number of benzene rings is 2. The number of nitrogens with two attached hydrogens (primary N) is 1. The number of amides is 1. The minimum atomic E-state index is -0.837. The molecule has 2 aromatic carbocycles. The van der Waals surface area contributed by atoms with E-state index < -0.39 is 5.91 Å². The van der Waals surface area contributed by atoms with Gasteiger partial charge in [-0.2, -0.15) is 0 Å². The van der Waals surface area contributed by atoms with Crippen LogP contribution in [0.3, 0.4) is 0 Å². The number of carbonyl (C=O) groups excluding carboxylic acids is 1. The molecule has 5 nitrogen and oxygen atoms in total. The van der Waals surface area contributed by atoms with Crippen LogP contribution in [0, 0.1) is 0 Å². The molecular weight excluding hydrogens is 316 g/mol. The minimum Gasteiger partial charge on any atom is -0.505 e. The maximum Gasteiger partial charge on any atom is 0.271 e. The van der Waals surface area contributed by atoms with Gasteiger partial charge in [0.15, 0.2) is 11.4 Å². The first-order chi connectivity index (χ1) is 11.1. The van der Waals surface area contributed by atoms with Crippen molar-refractivity contribution in [3.63, 3.8) is 0 Å². The molecule has 0 bridgehead atoms. The summed E-state index contributed by atoms with van der Waals surface area (Å²) in [6.45, 7) is 0.406. The molecule has 1 aromatic heterocycles. The van der Waals surface area contributed by atoms with E-state index in [-0.39, 0.29) is 16.6 Å². The molecule has 0 aliphatic carbocycles. The van der Waals surface area contributed by atoms with Crippen LogP contribution >= 0.6 is 11.6 Å². The van der Waals surface area contributed by atoms with Crippen LogP contribution in [-0.4, -0.2) is 16.0 Å². The van der Waals surface area contributed by atoms with Crippen molar-refractivity contribution in [1.29, 1.82) is 0 Å². The topological polar surface area (TPSA) is 85.4 Å². The molecule has 0 aliphatic heterocycles. The van der Waals surface area contributed by atoms with Crippen molar-refractivity contribution in [3.8, 4) is 11.5 Å². The molecule has 0 saturated heterocycles. The highest BCUT2D eigenvalue weighted by Gasteiger charge is 2.16. The lowest BCUT2D eigenvalue weighted by Gasteiger charge is -2.10. The molecule has 3 aromatic rings. The van der Waals surface area contributed by atoms with Crippen molar-refractivity contribution in [2.45, 2.75) is 6.61 Å². The fourth-order valence-corrected chi connectivity index (χ4v) is 2.48. The van der Waals surface area contributed by atoms with Crippen LogP contribution in [0.4, 0.5) is 0 Å². The van der Waals surface area contributed by atoms with E-state index >= 15 is 0 Å². The lowest BCUT2D eigenvalue weighted by Crippen LogP contribution is -2.13. The maximum absolute atomic E-state index is 11.3. The van der Waals surface area contributed by atoms with E-state index in [0.717, 1.165) is 5.56 Å². The lowest BCUT2D eigenvalue weighted by atomic mass is 10.1. The standard InChI is InChI=1S/C17H13ClN2O3/c18-16-13-8-11(23-9-10-4-2-1-3-5-10)6-7-12(13)15(21)14(20-16)17(19)22/h1-8,21H,9H2,(H2,19,22). The zero-order valence-corrected chi connectivity index (χ0v) is 12.7. The summed E-state index contributed by atoms with van der Waals surface area (Å²) in [5.74, 6) is -0.543. The molecule has 0 fully saturated rings. The first-order valence-corrected chi connectivity index (χ1v) is 7.23. The van der Waals surface area contributed by atoms with Crippen molar-refractivity contribution in [2.24, 2.45) is 5.73 Å². The van der Waals surface area contributed by atoms with E-state index in [1.807, 2.05) is 30.3 Å². The van der Waals surface area contributed by atoms with Gasteiger partial charge >= 0.3 is 0 Å². The molecular formula is C17H13ClN2O3. The van der Waals surface area contributed by atoms with Crippen LogP contribution in [0.15, 0.2) is 48.5 Å². The molecule has 3 N–H and O–H groups in total. The molecule has 0 spiro atoms. The Morgan fingerprint density at radius 1 is 1.17 bits per heavy atom. The summed E-state index contributed by atoms with van der Waals surface area (Å²) < 4.78 is 5.71. The van der Waals surface area contributed by atoms with Crippen LogP contribution in [0.1, 0.15) is 16.1 Å². The Labute approximate surface area is 137 Å². The van der Waals surface area contributed by atoms with E-state index in [1.165, 1.54) is 0 Å². The van der Waals surface area contributed by atoms with Gasteiger partial charge < -0.3 is 15.6 Å². The molecule has 1 amide bonds. The third kappa shape index (κ3) is 3.05. The number of carbonyl (C=O) groups is 1. The first-order valence-electron chi connectivity index (χ1n) is 6.85. The molecule has 0 aliphatic rings. The molecule has 6 heteroatoms. The van der Waals surface area contributed by atoms with E-state index in [0.29, 0.717) is 23.1 Å². The van der Waals surface area contributed by atoms with E-state index in [9.17, 15) is 9.90 Å². The summed E-state index contributed by atoms with van der Waals surface area (Å²) >= 11 is 6.08. The normalized spacial score (nSPS) is 10.7. The van der Waals surface area contributed by atoms with Gasteiger partial charge in [0.25, 0.3) is 5.91 Å². The predicted molar refractivity (Wildman–Crippen MR) is 87.7 cm³/mol. The number of fused-ring (bicyclic) bond motifs is 1. The molecule has 0 unspecified atom stereocenters. The maximum atomic E-state index is 11.3. The third-order valence-electron chi connectivity index (χ3n) is 3.38. The number of hydrogen-bond acceptors (Lipinski definition) is 4. The van der Waals surface area contributed by atoms with Crippen LogP contribution in [0.5, 0.6) is 11.5 Å². The number of nitrogens with zero attached hydrogens (tertiary/aromatic N) is 1. The number of aromatic hydroxyl groups is 1. The summed E-state index contributed by atoms with van der Waals surface area (Å²) in [5.41, 5.74) is 5.95. The third-order valence-corrected chi connectivity index (χ3v) is 3.67. The predicted octanol–water partition coefficient (Wildman–Crippen LogP) is 3.27. The summed E-state index contributed by atoms with van der Waals surface area (Å²) in [4.78, 5) is 15.1. The second kappa shape index (κ2) is 6.14. The molecule has 0 saturated carbocycles. The van der Waals surface area contributed by atoms with Crippen LogP contribution in [0.2, 0.25) is 5.15 Å². The van der Waals surface area contributed by atoms with E-state index in [1.54, 1.807) is 18.2 Å². The summed E-state index contributed by atoms with van der Waals surface area (Å²) in [6.07, 6.45) is 0. The Hall–Kier alpha value is -2.79. The zero-order valence-electron chi connectivity index (χ0n) is 12.0. The smallest absolute Gasteiger partial charge is 0.271 e. The number of hydrogen-bond donors (Lipinski definition) is 2. The van der Waals surface area contributed by atoms with E-state index in [2.05, 4.69) is 4.98 Å². The number of primary amides is 1. The number of rotatable bonds is 4. The van der Waals surface area contributed by atoms with Crippen molar-refractivity contribution < 1.29 is 14.6 Å². The lowest BCUT2D eigenvalue weighted by molar-refractivity contribution is 0.0993. The van der Waals surface area contributed by atoms with Crippen LogP contribution in [-0.2, 0) is 6.61 Å². The van der Waals surface area contributed by atoms with Gasteiger partial charge in [-0.05, 0) is 23.8 Å². The summed E-state index contributed by atoms with van der Waals surface area (Å²) in [5, 5.41) is 11.0. The second-order valence-corrected chi connectivity index (χ2v) is 5.30. The van der Waals surface area contributed by atoms with E-state index in [4.69, 9.17) is 22.1 Å². The van der Waals surface area contributed by atoms with Crippen molar-refractivity contribution in [1.82, 2.24) is 4.98 Å². The molecule has 1 heterocycles. The Balaban J connectivity index is 1.94. The summed E-state index contributed by atoms with van der Waals surface area (Å²) in [6, 6.07) is 14.7. The van der Waals surface area contributed by atoms with Gasteiger partial charge in [-0.25, -0.2) is 4.98 Å². The highest BCUT2D eigenvalue weighted by Crippen LogP contribution is 2.34. The Kier molecular flexibility index (Phi) is 4.04. The van der Waals surface area contributed by atoms with Gasteiger partial charge in [0, 0.05) is 10.8 Å². The van der Waals surface area contributed by atoms with Crippen LogP contribution < -0.4 is 10.5 Å². The fourth-order valence-electron chi connectivity index (χ4n) is 2.24. The number of aromatic nitrogens is 1.